The van der Waals surface area contributed by atoms with Gasteiger partial charge in [0.15, 0.2) is 0 Å². The number of unbranched alkanes of at least 4 members (excludes halogenated alkanes) is 13. The van der Waals surface area contributed by atoms with Crippen molar-refractivity contribution in [3.05, 3.63) is 12.2 Å². The highest BCUT2D eigenvalue weighted by Crippen LogP contribution is 2.17. The number of hydrogen-bond acceptors (Lipinski definition) is 0. The summed E-state index contributed by atoms with van der Waals surface area (Å²) in [4.78, 5) is 0. The van der Waals surface area contributed by atoms with Crippen LogP contribution in [0.15, 0.2) is 12.2 Å². The molecule has 0 bridgehead atoms. The fraction of sp³-hybridized carbons (Fsp3) is 0.917. The molecule has 0 heterocycles. The van der Waals surface area contributed by atoms with Crippen molar-refractivity contribution >= 4 is 0 Å². The van der Waals surface area contributed by atoms with Gasteiger partial charge in [0.1, 0.15) is 0 Å². The van der Waals surface area contributed by atoms with E-state index in [-0.39, 0.29) is 0 Å². The Labute approximate surface area is 154 Å². The van der Waals surface area contributed by atoms with Gasteiger partial charge in [0.25, 0.3) is 0 Å². The van der Waals surface area contributed by atoms with Gasteiger partial charge in [0, 0.05) is 0 Å². The average Bonchev–Trinajstić information content (AvgIpc) is 2.59. The highest BCUT2D eigenvalue weighted by molar-refractivity contribution is 4.81. The average molecular weight is 337 g/mol. The molecular weight excluding hydrogens is 288 g/mol. The minimum absolute atomic E-state index is 0.960. The molecule has 0 fully saturated rings. The van der Waals surface area contributed by atoms with Crippen molar-refractivity contribution in [2.45, 2.75) is 136 Å². The van der Waals surface area contributed by atoms with Gasteiger partial charge in [0.2, 0.25) is 0 Å². The van der Waals surface area contributed by atoms with E-state index in [4.69, 9.17) is 0 Å². The fourth-order valence-electron chi connectivity index (χ4n) is 3.44. The van der Waals surface area contributed by atoms with Gasteiger partial charge in [-0.3, -0.25) is 0 Å². The van der Waals surface area contributed by atoms with E-state index in [0.29, 0.717) is 0 Å². The first-order valence-electron chi connectivity index (χ1n) is 11.5. The summed E-state index contributed by atoms with van der Waals surface area (Å²) in [5, 5.41) is 0. The second-order valence-electron chi connectivity index (χ2n) is 7.97. The van der Waals surface area contributed by atoms with Gasteiger partial charge in [0.05, 0.1) is 0 Å². The molecule has 144 valence electrons. The lowest BCUT2D eigenvalue weighted by Crippen LogP contribution is -1.94. The van der Waals surface area contributed by atoms with Gasteiger partial charge in [-0.2, -0.15) is 0 Å². The summed E-state index contributed by atoms with van der Waals surface area (Å²) >= 11 is 0. The monoisotopic (exact) mass is 336 g/mol. The highest BCUT2D eigenvalue weighted by Gasteiger charge is 2.00. The van der Waals surface area contributed by atoms with Gasteiger partial charge in [-0.25, -0.2) is 0 Å². The third kappa shape index (κ3) is 19.8. The summed E-state index contributed by atoms with van der Waals surface area (Å²) in [6.45, 7) is 7.03. The molecule has 0 aromatic rings. The van der Waals surface area contributed by atoms with Crippen LogP contribution in [0.5, 0.6) is 0 Å². The van der Waals surface area contributed by atoms with E-state index < -0.39 is 0 Å². The minimum atomic E-state index is 0.960. The number of rotatable bonds is 19. The number of allylic oxidation sites excluding steroid dienone is 2. The number of hydrogen-bond donors (Lipinski definition) is 0. The van der Waals surface area contributed by atoms with E-state index in [1.807, 2.05) is 0 Å². The van der Waals surface area contributed by atoms with Crippen LogP contribution in [-0.4, -0.2) is 0 Å². The van der Waals surface area contributed by atoms with Crippen molar-refractivity contribution in [2.24, 2.45) is 5.92 Å². The van der Waals surface area contributed by atoms with Crippen LogP contribution in [0.25, 0.3) is 0 Å². The molecule has 0 radical (unpaired) electrons. The van der Waals surface area contributed by atoms with Crippen LogP contribution in [0, 0.1) is 5.92 Å². The van der Waals surface area contributed by atoms with E-state index >= 15 is 0 Å². The van der Waals surface area contributed by atoms with Gasteiger partial charge in [-0.05, 0) is 31.6 Å². The Morgan fingerprint density at radius 1 is 0.500 bits per heavy atom. The zero-order valence-corrected chi connectivity index (χ0v) is 17.5. The molecule has 0 aromatic heterocycles. The minimum Gasteiger partial charge on any atom is -0.0885 e. The third-order valence-electron chi connectivity index (χ3n) is 5.26. The zero-order chi connectivity index (χ0) is 17.7. The van der Waals surface area contributed by atoms with Crippen LogP contribution in [0.2, 0.25) is 0 Å². The lowest BCUT2D eigenvalue weighted by atomic mass is 9.97. The lowest BCUT2D eigenvalue weighted by molar-refractivity contribution is 0.441. The largest absolute Gasteiger partial charge is 0.0885 e. The summed E-state index contributed by atoms with van der Waals surface area (Å²) in [5.41, 5.74) is 0. The van der Waals surface area contributed by atoms with Crippen molar-refractivity contribution in [3.8, 4) is 0 Å². The molecule has 0 saturated carbocycles. The maximum atomic E-state index is 2.44. The summed E-state index contributed by atoms with van der Waals surface area (Å²) in [7, 11) is 0. The lowest BCUT2D eigenvalue weighted by Gasteiger charge is -2.09. The van der Waals surface area contributed by atoms with Gasteiger partial charge in [-0.1, -0.05) is 123 Å². The van der Waals surface area contributed by atoms with Crippen LogP contribution in [0.4, 0.5) is 0 Å². The summed E-state index contributed by atoms with van der Waals surface area (Å²) in [6, 6.07) is 0. The van der Waals surface area contributed by atoms with Crippen molar-refractivity contribution in [2.75, 3.05) is 0 Å². The Hall–Kier alpha value is -0.260. The molecule has 0 nitrogen and oxygen atoms in total. The third-order valence-corrected chi connectivity index (χ3v) is 5.26. The van der Waals surface area contributed by atoms with Crippen LogP contribution >= 0.6 is 0 Å². The normalized spacial score (nSPS) is 13.0. The molecule has 0 N–H and O–H groups in total. The fourth-order valence-corrected chi connectivity index (χ4v) is 3.44. The molecule has 0 aliphatic rings. The molecular formula is C24H48. The molecule has 0 spiro atoms. The Morgan fingerprint density at radius 3 is 1.46 bits per heavy atom. The maximum Gasteiger partial charge on any atom is -0.0351 e. The van der Waals surface area contributed by atoms with Crippen LogP contribution in [-0.2, 0) is 0 Å². The summed E-state index contributed by atoms with van der Waals surface area (Å²) in [5.74, 6) is 0.960. The van der Waals surface area contributed by atoms with Crippen molar-refractivity contribution in [3.63, 3.8) is 0 Å². The molecule has 0 aromatic carbocycles. The predicted octanol–water partition coefficient (Wildman–Crippen LogP) is 9.24. The van der Waals surface area contributed by atoms with Crippen LogP contribution < -0.4 is 0 Å². The van der Waals surface area contributed by atoms with E-state index in [0.717, 1.165) is 5.92 Å². The topological polar surface area (TPSA) is 0 Å². The predicted molar refractivity (Wildman–Crippen MR) is 113 cm³/mol. The molecule has 0 rings (SSSR count). The second kappa shape index (κ2) is 20.8. The van der Waals surface area contributed by atoms with Crippen molar-refractivity contribution in [1.82, 2.24) is 0 Å². The van der Waals surface area contributed by atoms with E-state index in [2.05, 4.69) is 32.9 Å². The Bertz CT molecular complexity index is 240. The quantitative estimate of drug-likeness (QED) is 0.163. The first kappa shape index (κ1) is 23.7. The molecule has 24 heavy (non-hydrogen) atoms. The standard InChI is InChI=1S/C24H48/c1-4-6-8-9-10-11-12-13-14-15-16-17-18-19-20-21-23-24(3)22-7-5-2/h13-14,24H,4-12,15-23H2,1-3H3/b14-13+. The van der Waals surface area contributed by atoms with Crippen LogP contribution in [0.1, 0.15) is 136 Å². The van der Waals surface area contributed by atoms with Gasteiger partial charge < -0.3 is 0 Å². The van der Waals surface area contributed by atoms with Crippen molar-refractivity contribution < 1.29 is 0 Å². The van der Waals surface area contributed by atoms with Crippen molar-refractivity contribution in [1.29, 1.82) is 0 Å². The first-order chi connectivity index (χ1) is 11.8. The Kier molecular flexibility index (Phi) is 20.6. The van der Waals surface area contributed by atoms with Gasteiger partial charge >= 0.3 is 0 Å². The Balaban J connectivity index is 3.12. The maximum absolute atomic E-state index is 2.44. The summed E-state index contributed by atoms with van der Waals surface area (Å²) in [6.07, 6.45) is 30.3. The first-order valence-corrected chi connectivity index (χ1v) is 11.5. The van der Waals surface area contributed by atoms with E-state index in [1.165, 1.54) is 116 Å². The molecule has 0 heteroatoms. The van der Waals surface area contributed by atoms with E-state index in [9.17, 15) is 0 Å². The Morgan fingerprint density at radius 2 is 0.917 bits per heavy atom. The van der Waals surface area contributed by atoms with Gasteiger partial charge in [-0.15, -0.1) is 0 Å². The molecule has 1 unspecified atom stereocenters. The highest BCUT2D eigenvalue weighted by atomic mass is 14.1. The molecule has 0 saturated heterocycles. The molecule has 0 aliphatic carbocycles. The smallest absolute Gasteiger partial charge is 0.0351 e. The summed E-state index contributed by atoms with van der Waals surface area (Å²) < 4.78 is 0. The van der Waals surface area contributed by atoms with E-state index in [1.54, 1.807) is 0 Å². The molecule has 0 aliphatic heterocycles. The van der Waals surface area contributed by atoms with Crippen LogP contribution in [0.3, 0.4) is 0 Å². The molecule has 0 amide bonds. The zero-order valence-electron chi connectivity index (χ0n) is 17.5. The molecule has 1 atom stereocenters. The SMILES string of the molecule is CCCCCCCC/C=C/CCCCCCCCC(C)CCCC. The second-order valence-corrected chi connectivity index (χ2v) is 7.97.